The molecule has 10 nitrogen and oxygen atoms in total. The van der Waals surface area contributed by atoms with Crippen LogP contribution in [0.25, 0.3) is 0 Å². The van der Waals surface area contributed by atoms with Crippen LogP contribution in [-0.2, 0) is 14.4 Å². The average Bonchev–Trinajstić information content (AvgIpc) is 3.00. The Morgan fingerprint density at radius 3 is 2.05 bits per heavy atom. The summed E-state index contributed by atoms with van der Waals surface area (Å²) < 4.78 is 0. The number of thiocarbonyl (C=S) groups is 1. The zero-order valence-corrected chi connectivity index (χ0v) is 22.8. The molecule has 0 aromatic carbocycles. The van der Waals surface area contributed by atoms with Crippen LogP contribution in [0.15, 0.2) is 35.6 Å². The Bertz CT molecular complexity index is 940. The van der Waals surface area contributed by atoms with E-state index in [2.05, 4.69) is 32.2 Å². The first-order chi connectivity index (χ1) is 17.3. The number of aliphatic carboxylic acids is 3. The maximum Gasteiger partial charge on any atom is 0.317 e. The van der Waals surface area contributed by atoms with Crippen molar-refractivity contribution in [3.63, 3.8) is 0 Å². The lowest BCUT2D eigenvalue weighted by molar-refractivity contribution is -0.141. The van der Waals surface area contributed by atoms with Crippen LogP contribution in [0.3, 0.4) is 0 Å². The van der Waals surface area contributed by atoms with Gasteiger partial charge in [-0.1, -0.05) is 51.2 Å². The molecule has 1 aliphatic heterocycles. The largest absolute Gasteiger partial charge is 0.480 e. The molecule has 1 atom stereocenters. The number of nitrogens with zero attached hydrogens (tertiary/aromatic N) is 3. The van der Waals surface area contributed by atoms with E-state index in [1.165, 1.54) is 0 Å². The SMILES string of the molecule is CC(C)(C)C(=S)NC1=CC=C(CC2CCN(CC(=O)O)CCN(CC(=O)O)CCN2CC(=O)O)C=CC1. The van der Waals surface area contributed by atoms with Gasteiger partial charge in [0.15, 0.2) is 0 Å². The minimum absolute atomic E-state index is 0.150. The third kappa shape index (κ3) is 11.5. The Balaban J connectivity index is 2.26. The van der Waals surface area contributed by atoms with Gasteiger partial charge in [0.05, 0.1) is 24.6 Å². The summed E-state index contributed by atoms with van der Waals surface area (Å²) in [6, 6.07) is -0.161. The quantitative estimate of drug-likeness (QED) is 0.323. The van der Waals surface area contributed by atoms with Gasteiger partial charge >= 0.3 is 17.9 Å². The van der Waals surface area contributed by atoms with Crippen LogP contribution in [0.1, 0.15) is 40.0 Å². The predicted molar refractivity (Wildman–Crippen MR) is 145 cm³/mol. The van der Waals surface area contributed by atoms with Crippen LogP contribution in [0.2, 0.25) is 0 Å². The van der Waals surface area contributed by atoms with E-state index in [1.807, 2.05) is 23.1 Å². The van der Waals surface area contributed by atoms with Gasteiger partial charge < -0.3 is 20.6 Å². The van der Waals surface area contributed by atoms with Gasteiger partial charge in [-0.15, -0.1) is 0 Å². The summed E-state index contributed by atoms with van der Waals surface area (Å²) in [5.41, 5.74) is 1.86. The Kier molecular flexibility index (Phi) is 11.9. The minimum Gasteiger partial charge on any atom is -0.480 e. The highest BCUT2D eigenvalue weighted by Gasteiger charge is 2.26. The van der Waals surface area contributed by atoms with Gasteiger partial charge in [-0.2, -0.15) is 0 Å². The fourth-order valence-electron chi connectivity index (χ4n) is 4.29. The highest BCUT2D eigenvalue weighted by molar-refractivity contribution is 7.80. The average molecular weight is 537 g/mol. The van der Waals surface area contributed by atoms with Crippen molar-refractivity contribution < 1.29 is 29.7 Å². The maximum absolute atomic E-state index is 11.7. The second kappa shape index (κ2) is 14.4. The smallest absolute Gasteiger partial charge is 0.317 e. The highest BCUT2D eigenvalue weighted by atomic mass is 32.1. The maximum atomic E-state index is 11.7. The molecule has 2 aliphatic rings. The fraction of sp³-hybridized carbons (Fsp3) is 0.615. The van der Waals surface area contributed by atoms with Gasteiger partial charge in [0.1, 0.15) is 0 Å². The molecule has 0 radical (unpaired) electrons. The number of carboxylic acids is 3. The molecule has 1 unspecified atom stereocenters. The third-order valence-corrected chi connectivity index (χ3v) is 7.10. The molecule has 2 rings (SSSR count). The van der Waals surface area contributed by atoms with Gasteiger partial charge in [-0.3, -0.25) is 29.1 Å². The Morgan fingerprint density at radius 2 is 1.49 bits per heavy atom. The van der Waals surface area contributed by atoms with Gasteiger partial charge in [0.25, 0.3) is 0 Å². The van der Waals surface area contributed by atoms with E-state index in [0.717, 1.165) is 16.3 Å². The molecule has 1 heterocycles. The van der Waals surface area contributed by atoms with Gasteiger partial charge in [0.2, 0.25) is 0 Å². The monoisotopic (exact) mass is 536 g/mol. The van der Waals surface area contributed by atoms with Crippen molar-refractivity contribution in [2.24, 2.45) is 5.41 Å². The normalized spacial score (nSPS) is 20.9. The molecule has 1 fully saturated rings. The second-order valence-electron chi connectivity index (χ2n) is 10.6. The number of allylic oxidation sites excluding steroid dienone is 4. The number of hydrogen-bond donors (Lipinski definition) is 4. The molecule has 206 valence electrons. The van der Waals surface area contributed by atoms with E-state index >= 15 is 0 Å². The summed E-state index contributed by atoms with van der Waals surface area (Å²) in [7, 11) is 0. The molecule has 0 amide bonds. The van der Waals surface area contributed by atoms with Crippen molar-refractivity contribution in [1.29, 1.82) is 0 Å². The summed E-state index contributed by atoms with van der Waals surface area (Å²) in [5, 5.41) is 31.6. The molecule has 0 aromatic rings. The summed E-state index contributed by atoms with van der Waals surface area (Å²) in [4.78, 5) is 40.6. The Hall–Kier alpha value is -2.60. The number of nitrogens with one attached hydrogen (secondary N) is 1. The van der Waals surface area contributed by atoms with Gasteiger partial charge in [-0.25, -0.2) is 0 Å². The molecule has 0 bridgehead atoms. The van der Waals surface area contributed by atoms with E-state index in [9.17, 15) is 29.7 Å². The zero-order valence-electron chi connectivity index (χ0n) is 22.0. The molecule has 1 aliphatic carbocycles. The summed E-state index contributed by atoms with van der Waals surface area (Å²) in [6.45, 7) is 7.73. The highest BCUT2D eigenvalue weighted by Crippen LogP contribution is 2.22. The van der Waals surface area contributed by atoms with Crippen molar-refractivity contribution >= 4 is 35.1 Å². The molecule has 0 aromatic heterocycles. The molecular weight excluding hydrogens is 496 g/mol. The zero-order chi connectivity index (χ0) is 27.6. The first-order valence-electron chi connectivity index (χ1n) is 12.6. The van der Waals surface area contributed by atoms with Crippen LogP contribution in [0, 0.1) is 5.41 Å². The van der Waals surface area contributed by atoms with Crippen molar-refractivity contribution in [3.05, 3.63) is 35.6 Å². The molecule has 11 heteroatoms. The lowest BCUT2D eigenvalue weighted by Crippen LogP contribution is -2.49. The molecule has 37 heavy (non-hydrogen) atoms. The number of hydrogen-bond acceptors (Lipinski definition) is 7. The third-order valence-electron chi connectivity index (χ3n) is 6.38. The van der Waals surface area contributed by atoms with Crippen molar-refractivity contribution in [3.8, 4) is 0 Å². The second-order valence-corrected chi connectivity index (χ2v) is 11.0. The van der Waals surface area contributed by atoms with Crippen LogP contribution >= 0.6 is 12.2 Å². The minimum atomic E-state index is -0.973. The van der Waals surface area contributed by atoms with Gasteiger partial charge in [-0.05, 0) is 24.5 Å². The topological polar surface area (TPSA) is 134 Å². The number of carbonyl (C=O) groups is 3. The van der Waals surface area contributed by atoms with E-state index in [0.29, 0.717) is 52.0 Å². The Morgan fingerprint density at radius 1 is 0.919 bits per heavy atom. The predicted octanol–water partition coefficient (Wildman–Crippen LogP) is 2.04. The van der Waals surface area contributed by atoms with Crippen LogP contribution in [-0.4, -0.2) is 111 Å². The van der Waals surface area contributed by atoms with E-state index in [1.54, 1.807) is 9.80 Å². The Labute approximate surface area is 224 Å². The first-order valence-corrected chi connectivity index (χ1v) is 13.0. The summed E-state index contributed by atoms with van der Waals surface area (Å²) in [5.74, 6) is -2.88. The molecule has 4 N–H and O–H groups in total. The van der Waals surface area contributed by atoms with Crippen molar-refractivity contribution in [2.45, 2.75) is 46.1 Å². The van der Waals surface area contributed by atoms with Crippen LogP contribution < -0.4 is 5.32 Å². The molecule has 0 saturated carbocycles. The number of carboxylic acid groups (broad SMARTS) is 3. The summed E-state index contributed by atoms with van der Waals surface area (Å²) in [6.07, 6.45) is 9.97. The molecule has 0 spiro atoms. The summed E-state index contributed by atoms with van der Waals surface area (Å²) >= 11 is 5.51. The van der Waals surface area contributed by atoms with E-state index < -0.39 is 17.9 Å². The molecular formula is C26H40N4O6S. The van der Waals surface area contributed by atoms with E-state index in [4.69, 9.17) is 12.2 Å². The molecule has 1 saturated heterocycles. The van der Waals surface area contributed by atoms with E-state index in [-0.39, 0.29) is 31.1 Å². The van der Waals surface area contributed by atoms with Crippen LogP contribution in [0.4, 0.5) is 0 Å². The lowest BCUT2D eigenvalue weighted by atomic mass is 9.96. The first kappa shape index (κ1) is 30.6. The lowest BCUT2D eigenvalue weighted by Gasteiger charge is -2.36. The van der Waals surface area contributed by atoms with Crippen molar-refractivity contribution in [1.82, 2.24) is 20.0 Å². The van der Waals surface area contributed by atoms with Crippen molar-refractivity contribution in [2.75, 3.05) is 52.4 Å². The van der Waals surface area contributed by atoms with Gasteiger partial charge in [0, 0.05) is 56.3 Å². The number of rotatable bonds is 9. The van der Waals surface area contributed by atoms with Crippen LogP contribution in [0.5, 0.6) is 0 Å². The fourth-order valence-corrected chi connectivity index (χ4v) is 4.42. The standard InChI is InChI=1S/C26H40N4O6S/c1-26(2,3)25(37)27-20-6-4-5-19(7-8-20)15-21-9-10-28(16-22(31)32)11-12-29(17-23(33)34)13-14-30(21)18-24(35)36/h4-5,7-8,21H,6,9-18H2,1-3H3,(H,27,37)(H,31,32)(H,33,34)(H,35,36).